The van der Waals surface area contributed by atoms with Crippen LogP contribution in [0.5, 0.6) is 0 Å². The summed E-state index contributed by atoms with van der Waals surface area (Å²) in [6.07, 6.45) is 3.00. The SMILES string of the molecule is CCc1ccccc1NC(=O)CN1CCc2c(sc(C)c2CC)C1c1ccccc1. The second-order valence-corrected chi connectivity index (χ2v) is 9.18. The molecule has 156 valence electrons. The van der Waals surface area contributed by atoms with Crippen LogP contribution in [0.15, 0.2) is 54.6 Å². The van der Waals surface area contributed by atoms with Crippen molar-refractivity contribution in [3.8, 4) is 0 Å². The molecule has 4 rings (SSSR count). The van der Waals surface area contributed by atoms with E-state index in [9.17, 15) is 4.79 Å². The maximum Gasteiger partial charge on any atom is 0.238 e. The molecule has 0 saturated carbocycles. The van der Waals surface area contributed by atoms with Crippen molar-refractivity contribution in [2.24, 2.45) is 0 Å². The highest BCUT2D eigenvalue weighted by molar-refractivity contribution is 7.12. The maximum absolute atomic E-state index is 13.0. The fraction of sp³-hybridized carbons (Fsp3) is 0.346. The number of nitrogens with zero attached hydrogens (tertiary/aromatic N) is 1. The van der Waals surface area contributed by atoms with Crippen LogP contribution >= 0.6 is 11.3 Å². The fourth-order valence-corrected chi connectivity index (χ4v) is 6.12. The Balaban J connectivity index is 1.62. The minimum absolute atomic E-state index is 0.0595. The zero-order valence-corrected chi connectivity index (χ0v) is 18.9. The van der Waals surface area contributed by atoms with Gasteiger partial charge in [-0.15, -0.1) is 11.3 Å². The Hall–Kier alpha value is -2.43. The summed E-state index contributed by atoms with van der Waals surface area (Å²) in [6.45, 7) is 7.90. The lowest BCUT2D eigenvalue weighted by Crippen LogP contribution is -2.40. The summed E-state index contributed by atoms with van der Waals surface area (Å²) >= 11 is 1.91. The lowest BCUT2D eigenvalue weighted by atomic mass is 9.91. The van der Waals surface area contributed by atoms with Gasteiger partial charge in [0.05, 0.1) is 12.6 Å². The van der Waals surface area contributed by atoms with Gasteiger partial charge in [-0.2, -0.15) is 0 Å². The minimum atomic E-state index is 0.0595. The van der Waals surface area contributed by atoms with E-state index < -0.39 is 0 Å². The summed E-state index contributed by atoms with van der Waals surface area (Å²) in [6, 6.07) is 18.9. The molecule has 1 unspecified atom stereocenters. The number of rotatable bonds is 6. The number of nitrogens with one attached hydrogen (secondary N) is 1. The van der Waals surface area contributed by atoms with Crippen molar-refractivity contribution >= 4 is 22.9 Å². The molecule has 3 nitrogen and oxygen atoms in total. The molecule has 0 radical (unpaired) electrons. The van der Waals surface area contributed by atoms with Crippen LogP contribution in [0.4, 0.5) is 5.69 Å². The summed E-state index contributed by atoms with van der Waals surface area (Å²) in [5.74, 6) is 0.0595. The van der Waals surface area contributed by atoms with Gasteiger partial charge in [0.15, 0.2) is 0 Å². The van der Waals surface area contributed by atoms with E-state index in [2.05, 4.69) is 67.4 Å². The largest absolute Gasteiger partial charge is 0.325 e. The number of anilines is 1. The van der Waals surface area contributed by atoms with Crippen LogP contribution in [-0.2, 0) is 24.1 Å². The highest BCUT2D eigenvalue weighted by Crippen LogP contribution is 2.42. The van der Waals surface area contributed by atoms with E-state index in [1.54, 1.807) is 0 Å². The number of benzene rings is 2. The van der Waals surface area contributed by atoms with Crippen LogP contribution in [0.1, 0.15) is 51.9 Å². The first-order chi connectivity index (χ1) is 14.6. The Kier molecular flexibility index (Phi) is 6.35. The van der Waals surface area contributed by atoms with Gasteiger partial charge in [-0.3, -0.25) is 9.69 Å². The first-order valence-electron chi connectivity index (χ1n) is 10.9. The molecule has 0 saturated heterocycles. The average Bonchev–Trinajstić information content (AvgIpc) is 3.09. The number of para-hydroxylation sites is 1. The number of amides is 1. The second-order valence-electron chi connectivity index (χ2n) is 7.93. The van der Waals surface area contributed by atoms with Gasteiger partial charge in [0.1, 0.15) is 0 Å². The van der Waals surface area contributed by atoms with Crippen LogP contribution in [0.3, 0.4) is 0 Å². The van der Waals surface area contributed by atoms with Gasteiger partial charge in [0.2, 0.25) is 5.91 Å². The number of aryl methyl sites for hydroxylation is 2. The van der Waals surface area contributed by atoms with Gasteiger partial charge in [0.25, 0.3) is 0 Å². The highest BCUT2D eigenvalue weighted by atomic mass is 32.1. The number of hydrogen-bond acceptors (Lipinski definition) is 3. The zero-order valence-electron chi connectivity index (χ0n) is 18.1. The molecule has 1 aliphatic rings. The molecular formula is C26H30N2OS. The van der Waals surface area contributed by atoms with Gasteiger partial charge < -0.3 is 5.32 Å². The quantitative estimate of drug-likeness (QED) is 0.551. The smallest absolute Gasteiger partial charge is 0.238 e. The molecule has 0 spiro atoms. The van der Waals surface area contributed by atoms with Crippen LogP contribution in [0.2, 0.25) is 0 Å². The van der Waals surface area contributed by atoms with Crippen LogP contribution < -0.4 is 5.32 Å². The lowest BCUT2D eigenvalue weighted by molar-refractivity contribution is -0.117. The lowest BCUT2D eigenvalue weighted by Gasteiger charge is -2.36. The van der Waals surface area contributed by atoms with Gasteiger partial charge in [-0.1, -0.05) is 62.4 Å². The number of carbonyl (C=O) groups excluding carboxylic acids is 1. The Labute approximate surface area is 183 Å². The van der Waals surface area contributed by atoms with E-state index in [0.29, 0.717) is 6.54 Å². The Bertz CT molecular complexity index is 1020. The summed E-state index contributed by atoms with van der Waals surface area (Å²) in [7, 11) is 0. The first-order valence-corrected chi connectivity index (χ1v) is 11.7. The van der Waals surface area contributed by atoms with Crippen LogP contribution in [0.25, 0.3) is 0 Å². The zero-order chi connectivity index (χ0) is 21.1. The number of hydrogen-bond donors (Lipinski definition) is 1. The van der Waals surface area contributed by atoms with E-state index in [-0.39, 0.29) is 11.9 Å². The Morgan fingerprint density at radius 3 is 2.53 bits per heavy atom. The maximum atomic E-state index is 13.0. The fourth-order valence-electron chi connectivity index (χ4n) is 4.65. The molecule has 1 N–H and O–H groups in total. The summed E-state index contributed by atoms with van der Waals surface area (Å²) in [4.78, 5) is 18.2. The predicted molar refractivity (Wildman–Crippen MR) is 126 cm³/mol. The normalized spacial score (nSPS) is 16.3. The molecule has 1 aliphatic heterocycles. The predicted octanol–water partition coefficient (Wildman–Crippen LogP) is 5.77. The van der Waals surface area contributed by atoms with Crippen molar-refractivity contribution in [2.75, 3.05) is 18.4 Å². The Morgan fingerprint density at radius 2 is 1.80 bits per heavy atom. The van der Waals surface area contributed by atoms with E-state index >= 15 is 0 Å². The van der Waals surface area contributed by atoms with Gasteiger partial charge in [0, 0.05) is 22.0 Å². The van der Waals surface area contributed by atoms with Crippen molar-refractivity contribution in [1.82, 2.24) is 4.90 Å². The number of thiophene rings is 1. The van der Waals surface area contributed by atoms with Crippen molar-refractivity contribution in [1.29, 1.82) is 0 Å². The molecule has 4 heteroatoms. The molecule has 1 atom stereocenters. The van der Waals surface area contributed by atoms with E-state index in [0.717, 1.165) is 31.5 Å². The van der Waals surface area contributed by atoms with Crippen LogP contribution in [-0.4, -0.2) is 23.9 Å². The van der Waals surface area contributed by atoms with Crippen molar-refractivity contribution in [3.63, 3.8) is 0 Å². The van der Waals surface area contributed by atoms with Crippen molar-refractivity contribution in [2.45, 2.75) is 46.1 Å². The van der Waals surface area contributed by atoms with Gasteiger partial charge in [-0.05, 0) is 54.5 Å². The molecule has 2 aromatic carbocycles. The van der Waals surface area contributed by atoms with Gasteiger partial charge >= 0.3 is 0 Å². The number of fused-ring (bicyclic) bond motifs is 1. The molecule has 0 bridgehead atoms. The molecule has 0 aliphatic carbocycles. The standard InChI is InChI=1S/C26H30N2OS/c1-4-19-11-9-10-14-23(19)27-24(29)17-28-16-15-22-21(5-2)18(3)30-26(22)25(28)20-12-7-6-8-13-20/h6-14,25H,4-5,15-17H2,1-3H3,(H,27,29). The third kappa shape index (κ3) is 4.07. The van der Waals surface area contributed by atoms with Crippen molar-refractivity contribution in [3.05, 3.63) is 86.6 Å². The van der Waals surface area contributed by atoms with E-state index in [1.165, 1.54) is 32.0 Å². The average molecular weight is 419 g/mol. The summed E-state index contributed by atoms with van der Waals surface area (Å²) in [5, 5.41) is 3.16. The number of carbonyl (C=O) groups is 1. The van der Waals surface area contributed by atoms with Crippen molar-refractivity contribution < 1.29 is 4.79 Å². The molecule has 3 aromatic rings. The third-order valence-electron chi connectivity index (χ3n) is 6.10. The molecule has 1 amide bonds. The van der Waals surface area contributed by atoms with Gasteiger partial charge in [-0.25, -0.2) is 0 Å². The minimum Gasteiger partial charge on any atom is -0.325 e. The molecule has 30 heavy (non-hydrogen) atoms. The highest BCUT2D eigenvalue weighted by Gasteiger charge is 2.33. The summed E-state index contributed by atoms with van der Waals surface area (Å²) < 4.78 is 0. The van der Waals surface area contributed by atoms with Crippen LogP contribution in [0, 0.1) is 6.92 Å². The topological polar surface area (TPSA) is 32.3 Å². The van der Waals surface area contributed by atoms with E-state index in [1.807, 2.05) is 29.5 Å². The molecule has 1 aromatic heterocycles. The monoisotopic (exact) mass is 418 g/mol. The first kappa shape index (κ1) is 20.8. The van der Waals surface area contributed by atoms with E-state index in [4.69, 9.17) is 0 Å². The second kappa shape index (κ2) is 9.15. The molecular weight excluding hydrogens is 388 g/mol. The molecule has 0 fully saturated rings. The molecule has 2 heterocycles. The third-order valence-corrected chi connectivity index (χ3v) is 7.34. The summed E-state index contributed by atoms with van der Waals surface area (Å²) in [5.41, 5.74) is 6.40. The Morgan fingerprint density at radius 1 is 1.07 bits per heavy atom.